The Morgan fingerprint density at radius 2 is 2.24 bits per heavy atom. The van der Waals surface area contributed by atoms with E-state index in [-0.39, 0.29) is 0 Å². The van der Waals surface area contributed by atoms with Gasteiger partial charge in [0.2, 0.25) is 0 Å². The van der Waals surface area contributed by atoms with E-state index >= 15 is 0 Å². The molecule has 0 spiro atoms. The maximum absolute atomic E-state index is 4.20. The van der Waals surface area contributed by atoms with Crippen molar-refractivity contribution in [2.75, 3.05) is 6.26 Å². The lowest BCUT2D eigenvalue weighted by molar-refractivity contribution is 0.437. The summed E-state index contributed by atoms with van der Waals surface area (Å²) in [7, 11) is 0. The van der Waals surface area contributed by atoms with Gasteiger partial charge in [-0.15, -0.1) is 5.10 Å². The summed E-state index contributed by atoms with van der Waals surface area (Å²) in [6.45, 7) is 0.815. The van der Waals surface area contributed by atoms with Crippen LogP contribution in [-0.2, 0) is 6.54 Å². The highest BCUT2D eigenvalue weighted by atomic mass is 32.2. The molecule has 94 valence electrons. The zero-order valence-corrected chi connectivity index (χ0v) is 11.0. The van der Waals surface area contributed by atoms with E-state index in [1.165, 1.54) is 32.1 Å². The van der Waals surface area contributed by atoms with Crippen molar-refractivity contribution in [3.8, 4) is 0 Å². The normalized spacial score (nSPS) is 28.8. The second-order valence-electron chi connectivity index (χ2n) is 4.97. The highest BCUT2D eigenvalue weighted by Crippen LogP contribution is 2.37. The second kappa shape index (κ2) is 4.94. The van der Waals surface area contributed by atoms with Gasteiger partial charge in [-0.3, -0.25) is 0 Å². The zero-order valence-electron chi connectivity index (χ0n) is 10.2. The number of aromatic nitrogens is 4. The fourth-order valence-corrected chi connectivity index (χ4v) is 3.54. The van der Waals surface area contributed by atoms with Crippen LogP contribution in [0.15, 0.2) is 0 Å². The molecular weight excluding hydrogens is 234 g/mol. The molecule has 0 saturated heterocycles. The minimum atomic E-state index is 0.496. The van der Waals surface area contributed by atoms with Crippen LogP contribution in [0.1, 0.15) is 44.0 Å². The molecule has 1 heterocycles. The van der Waals surface area contributed by atoms with Crippen LogP contribution in [0.4, 0.5) is 0 Å². The highest BCUT2D eigenvalue weighted by molar-refractivity contribution is 7.99. The van der Waals surface area contributed by atoms with Crippen LogP contribution in [0, 0.1) is 0 Å². The Bertz CT molecular complexity index is 376. The van der Waals surface area contributed by atoms with Crippen molar-refractivity contribution in [1.82, 2.24) is 25.5 Å². The lowest BCUT2D eigenvalue weighted by atomic mass is 10.2. The lowest BCUT2D eigenvalue weighted by Crippen LogP contribution is -2.24. The Morgan fingerprint density at radius 3 is 3.00 bits per heavy atom. The third kappa shape index (κ3) is 2.47. The molecule has 1 aromatic heterocycles. The van der Waals surface area contributed by atoms with Crippen LogP contribution in [0.2, 0.25) is 0 Å². The molecule has 2 unspecified atom stereocenters. The number of nitrogens with zero attached hydrogens (tertiary/aromatic N) is 4. The van der Waals surface area contributed by atoms with Crippen molar-refractivity contribution < 1.29 is 0 Å². The molecule has 0 aliphatic heterocycles. The van der Waals surface area contributed by atoms with E-state index < -0.39 is 0 Å². The zero-order chi connectivity index (χ0) is 11.7. The third-order valence-electron chi connectivity index (χ3n) is 3.72. The van der Waals surface area contributed by atoms with E-state index in [1.54, 1.807) is 0 Å². The molecule has 3 rings (SSSR count). The van der Waals surface area contributed by atoms with E-state index in [4.69, 9.17) is 0 Å². The number of rotatable bonds is 5. The monoisotopic (exact) mass is 253 g/mol. The first-order valence-corrected chi connectivity index (χ1v) is 7.70. The van der Waals surface area contributed by atoms with Gasteiger partial charge in [0.05, 0.1) is 12.6 Å². The molecule has 2 atom stereocenters. The molecule has 2 aliphatic carbocycles. The Morgan fingerprint density at radius 1 is 1.35 bits per heavy atom. The molecule has 6 heteroatoms. The van der Waals surface area contributed by atoms with Gasteiger partial charge in [-0.1, -0.05) is 6.42 Å². The first-order chi connectivity index (χ1) is 8.38. The number of thioether (sulfide) groups is 1. The van der Waals surface area contributed by atoms with Crippen molar-refractivity contribution in [3.63, 3.8) is 0 Å². The molecule has 2 aliphatic rings. The van der Waals surface area contributed by atoms with Gasteiger partial charge in [0.25, 0.3) is 0 Å². The minimum absolute atomic E-state index is 0.496. The second-order valence-corrected chi connectivity index (χ2v) is 6.04. The van der Waals surface area contributed by atoms with Crippen LogP contribution < -0.4 is 5.32 Å². The average Bonchev–Trinajstić information content (AvgIpc) is 2.89. The Balaban J connectivity index is 1.70. The molecule has 0 aromatic carbocycles. The summed E-state index contributed by atoms with van der Waals surface area (Å²) >= 11 is 1.95. The van der Waals surface area contributed by atoms with Crippen molar-refractivity contribution in [3.05, 3.63) is 5.82 Å². The van der Waals surface area contributed by atoms with E-state index in [1.807, 2.05) is 11.8 Å². The third-order valence-corrected chi connectivity index (χ3v) is 4.88. The van der Waals surface area contributed by atoms with Gasteiger partial charge < -0.3 is 5.32 Å². The topological polar surface area (TPSA) is 55.6 Å². The highest BCUT2D eigenvalue weighted by Gasteiger charge is 2.31. The summed E-state index contributed by atoms with van der Waals surface area (Å²) in [6.07, 6.45) is 8.60. The number of tetrazole rings is 1. The summed E-state index contributed by atoms with van der Waals surface area (Å²) in [5, 5.41) is 16.4. The van der Waals surface area contributed by atoms with Gasteiger partial charge >= 0.3 is 0 Å². The molecular formula is C11H19N5S. The fourth-order valence-electron chi connectivity index (χ4n) is 2.57. The van der Waals surface area contributed by atoms with E-state index in [9.17, 15) is 0 Å². The Hall–Kier alpha value is -0.620. The van der Waals surface area contributed by atoms with Gasteiger partial charge in [0, 0.05) is 11.3 Å². The molecule has 0 radical (unpaired) electrons. The molecule has 5 nitrogen and oxygen atoms in total. The smallest absolute Gasteiger partial charge is 0.165 e. The average molecular weight is 253 g/mol. The first kappa shape index (κ1) is 11.5. The summed E-state index contributed by atoms with van der Waals surface area (Å²) in [4.78, 5) is 0. The predicted molar refractivity (Wildman–Crippen MR) is 67.9 cm³/mol. The molecule has 0 bridgehead atoms. The van der Waals surface area contributed by atoms with Crippen LogP contribution >= 0.6 is 11.8 Å². The van der Waals surface area contributed by atoms with Gasteiger partial charge in [-0.2, -0.15) is 11.8 Å². The van der Waals surface area contributed by atoms with Crippen LogP contribution in [0.25, 0.3) is 0 Å². The lowest BCUT2D eigenvalue weighted by Gasteiger charge is -2.18. The minimum Gasteiger partial charge on any atom is -0.307 e. The first-order valence-electron chi connectivity index (χ1n) is 6.41. The van der Waals surface area contributed by atoms with Gasteiger partial charge in [-0.25, -0.2) is 4.68 Å². The molecule has 2 saturated carbocycles. The summed E-state index contributed by atoms with van der Waals surface area (Å²) in [5.41, 5.74) is 0. The SMILES string of the molecule is CSC1CCCC1n1nnnc1CNC1CC1. The molecule has 1 N–H and O–H groups in total. The van der Waals surface area contributed by atoms with Crippen LogP contribution in [-0.4, -0.2) is 37.8 Å². The standard InChI is InChI=1S/C11H19N5S/c1-17-10-4-2-3-9(10)16-11(13-14-15-16)7-12-8-5-6-8/h8-10,12H,2-7H2,1H3. The maximum Gasteiger partial charge on any atom is 0.165 e. The van der Waals surface area contributed by atoms with Crippen LogP contribution in [0.5, 0.6) is 0 Å². The van der Waals surface area contributed by atoms with Crippen molar-refractivity contribution in [2.24, 2.45) is 0 Å². The summed E-state index contributed by atoms with van der Waals surface area (Å²) in [5.74, 6) is 1.00. The molecule has 1 aromatic rings. The number of nitrogens with one attached hydrogen (secondary N) is 1. The Labute approximate surface area is 106 Å². The van der Waals surface area contributed by atoms with Crippen molar-refractivity contribution in [1.29, 1.82) is 0 Å². The van der Waals surface area contributed by atoms with Gasteiger partial charge in [-0.05, 0) is 42.4 Å². The van der Waals surface area contributed by atoms with E-state index in [0.717, 1.165) is 12.4 Å². The van der Waals surface area contributed by atoms with Gasteiger partial charge in [0.1, 0.15) is 0 Å². The van der Waals surface area contributed by atoms with Gasteiger partial charge in [0.15, 0.2) is 5.82 Å². The fraction of sp³-hybridized carbons (Fsp3) is 0.909. The van der Waals surface area contributed by atoms with Crippen LogP contribution in [0.3, 0.4) is 0 Å². The van der Waals surface area contributed by atoms with Crippen molar-refractivity contribution >= 4 is 11.8 Å². The van der Waals surface area contributed by atoms with Crippen molar-refractivity contribution in [2.45, 2.75) is 56.0 Å². The molecule has 2 fully saturated rings. The maximum atomic E-state index is 4.20. The largest absolute Gasteiger partial charge is 0.307 e. The summed E-state index contributed by atoms with van der Waals surface area (Å²) in [6, 6.07) is 1.20. The number of hydrogen-bond donors (Lipinski definition) is 1. The Kier molecular flexibility index (Phi) is 3.33. The van der Waals surface area contributed by atoms with E-state index in [0.29, 0.717) is 17.3 Å². The molecule has 17 heavy (non-hydrogen) atoms. The quantitative estimate of drug-likeness (QED) is 0.859. The number of hydrogen-bond acceptors (Lipinski definition) is 5. The molecule has 0 amide bonds. The predicted octanol–water partition coefficient (Wildman–Crippen LogP) is 1.38. The summed E-state index contributed by atoms with van der Waals surface area (Å²) < 4.78 is 2.06. The van der Waals surface area contributed by atoms with E-state index in [2.05, 4.69) is 31.8 Å².